The molecule has 0 aliphatic rings. The average Bonchev–Trinajstić information content (AvgIpc) is 2.48. The Labute approximate surface area is 84.7 Å². The van der Waals surface area contributed by atoms with Crippen LogP contribution in [0.3, 0.4) is 0 Å². The van der Waals surface area contributed by atoms with Gasteiger partial charge in [0, 0.05) is 14.1 Å². The van der Waals surface area contributed by atoms with Crippen molar-refractivity contribution in [1.29, 1.82) is 0 Å². The van der Waals surface area contributed by atoms with E-state index in [2.05, 4.69) is 36.0 Å². The number of aromatic amines is 1. The minimum Gasteiger partial charge on any atom is -0.346 e. The van der Waals surface area contributed by atoms with Crippen LogP contribution in [-0.4, -0.2) is 29.3 Å². The second kappa shape index (κ2) is 3.57. The molecule has 1 aromatic rings. The summed E-state index contributed by atoms with van der Waals surface area (Å²) in [5, 5.41) is 6.93. The van der Waals surface area contributed by atoms with Crippen LogP contribution < -0.4 is 10.6 Å². The number of nitrogens with two attached hydrogens (primary N) is 1. The van der Waals surface area contributed by atoms with Crippen LogP contribution in [0.1, 0.15) is 32.6 Å². The largest absolute Gasteiger partial charge is 0.346 e. The summed E-state index contributed by atoms with van der Waals surface area (Å²) < 4.78 is 0. The summed E-state index contributed by atoms with van der Waals surface area (Å²) in [7, 11) is 3.80. The zero-order chi connectivity index (χ0) is 10.9. The molecule has 0 spiro atoms. The van der Waals surface area contributed by atoms with Crippen LogP contribution in [0.5, 0.6) is 0 Å². The van der Waals surface area contributed by atoms with E-state index in [1.807, 2.05) is 19.0 Å². The quantitative estimate of drug-likeness (QED) is 0.739. The Morgan fingerprint density at radius 2 is 1.93 bits per heavy atom. The molecule has 3 N–H and O–H groups in total. The van der Waals surface area contributed by atoms with Gasteiger partial charge in [0.15, 0.2) is 0 Å². The van der Waals surface area contributed by atoms with Crippen LogP contribution in [0.2, 0.25) is 0 Å². The zero-order valence-corrected chi connectivity index (χ0v) is 9.50. The number of anilines is 1. The van der Waals surface area contributed by atoms with Crippen LogP contribution in [-0.2, 0) is 0 Å². The summed E-state index contributed by atoms with van der Waals surface area (Å²) >= 11 is 0. The van der Waals surface area contributed by atoms with Gasteiger partial charge in [-0.05, 0) is 5.41 Å². The van der Waals surface area contributed by atoms with Crippen LogP contribution >= 0.6 is 0 Å². The Morgan fingerprint density at radius 3 is 2.29 bits per heavy atom. The van der Waals surface area contributed by atoms with Gasteiger partial charge in [-0.15, -0.1) is 5.10 Å². The number of nitrogens with one attached hydrogen (secondary N) is 1. The molecule has 5 heteroatoms. The third kappa shape index (κ3) is 2.23. The van der Waals surface area contributed by atoms with Crippen molar-refractivity contribution in [3.8, 4) is 0 Å². The third-order valence-electron chi connectivity index (χ3n) is 2.12. The minimum atomic E-state index is -0.122. The molecule has 1 unspecified atom stereocenters. The van der Waals surface area contributed by atoms with Gasteiger partial charge in [-0.3, -0.25) is 5.10 Å². The first-order valence-corrected chi connectivity index (χ1v) is 4.67. The highest BCUT2D eigenvalue weighted by Crippen LogP contribution is 2.28. The predicted molar refractivity (Wildman–Crippen MR) is 57.1 cm³/mol. The molecule has 5 nitrogen and oxygen atoms in total. The van der Waals surface area contributed by atoms with Gasteiger partial charge in [-0.25, -0.2) is 0 Å². The first-order chi connectivity index (χ1) is 6.32. The van der Waals surface area contributed by atoms with Crippen molar-refractivity contribution in [2.45, 2.75) is 26.8 Å². The van der Waals surface area contributed by atoms with Crippen LogP contribution in [0.25, 0.3) is 0 Å². The summed E-state index contributed by atoms with van der Waals surface area (Å²) in [6, 6.07) is -0.122. The SMILES string of the molecule is CN(C)c1n[nH]c(C(N)C(C)(C)C)n1. The van der Waals surface area contributed by atoms with E-state index < -0.39 is 0 Å². The Kier molecular flexibility index (Phi) is 2.80. The molecule has 0 saturated carbocycles. The van der Waals surface area contributed by atoms with E-state index in [1.54, 1.807) is 0 Å². The van der Waals surface area contributed by atoms with Crippen LogP contribution in [0.4, 0.5) is 5.95 Å². The lowest BCUT2D eigenvalue weighted by atomic mass is 9.87. The standard InChI is InChI=1S/C9H19N5/c1-9(2,3)6(10)7-11-8(13-12-7)14(4)5/h6H,10H2,1-5H3,(H,11,12,13). The maximum absolute atomic E-state index is 6.03. The highest BCUT2D eigenvalue weighted by atomic mass is 15.3. The Morgan fingerprint density at radius 1 is 1.36 bits per heavy atom. The molecule has 1 rings (SSSR count). The number of hydrogen-bond donors (Lipinski definition) is 2. The van der Waals surface area contributed by atoms with Gasteiger partial charge in [-0.2, -0.15) is 4.98 Å². The lowest BCUT2D eigenvalue weighted by Crippen LogP contribution is -2.27. The number of nitrogens with zero attached hydrogens (tertiary/aromatic N) is 3. The van der Waals surface area contributed by atoms with Crippen LogP contribution in [0.15, 0.2) is 0 Å². The second-order valence-corrected chi connectivity index (χ2v) is 4.76. The second-order valence-electron chi connectivity index (χ2n) is 4.76. The van der Waals surface area contributed by atoms with E-state index in [0.29, 0.717) is 5.95 Å². The highest BCUT2D eigenvalue weighted by molar-refractivity contribution is 5.25. The average molecular weight is 197 g/mol. The maximum Gasteiger partial charge on any atom is 0.244 e. The molecule has 80 valence electrons. The molecular formula is C9H19N5. The monoisotopic (exact) mass is 197 g/mol. The molecule has 0 saturated heterocycles. The van der Waals surface area contributed by atoms with E-state index in [9.17, 15) is 0 Å². The zero-order valence-electron chi connectivity index (χ0n) is 9.50. The van der Waals surface area contributed by atoms with E-state index in [4.69, 9.17) is 5.73 Å². The lowest BCUT2D eigenvalue weighted by Gasteiger charge is -2.24. The van der Waals surface area contributed by atoms with Gasteiger partial charge in [0.2, 0.25) is 5.95 Å². The van der Waals surface area contributed by atoms with E-state index in [-0.39, 0.29) is 11.5 Å². The van der Waals surface area contributed by atoms with Crippen molar-refractivity contribution < 1.29 is 0 Å². The molecule has 1 aromatic heterocycles. The van der Waals surface area contributed by atoms with Crippen molar-refractivity contribution in [2.24, 2.45) is 11.1 Å². The molecule has 0 aliphatic heterocycles. The number of rotatable bonds is 2. The summed E-state index contributed by atoms with van der Waals surface area (Å²) in [4.78, 5) is 6.15. The molecule has 0 bridgehead atoms. The first kappa shape index (κ1) is 11.0. The summed E-state index contributed by atoms with van der Waals surface area (Å²) in [5.41, 5.74) is 6.02. The van der Waals surface area contributed by atoms with E-state index in [1.165, 1.54) is 0 Å². The molecule has 1 atom stereocenters. The summed E-state index contributed by atoms with van der Waals surface area (Å²) in [5.74, 6) is 1.40. The topological polar surface area (TPSA) is 70.8 Å². The fraction of sp³-hybridized carbons (Fsp3) is 0.778. The van der Waals surface area contributed by atoms with Crippen LogP contribution in [0, 0.1) is 5.41 Å². The summed E-state index contributed by atoms with van der Waals surface area (Å²) in [6.45, 7) is 6.24. The first-order valence-electron chi connectivity index (χ1n) is 4.67. The lowest BCUT2D eigenvalue weighted by molar-refractivity contribution is 0.316. The molecule has 0 aliphatic carbocycles. The van der Waals surface area contributed by atoms with E-state index in [0.717, 1.165) is 5.82 Å². The van der Waals surface area contributed by atoms with Crippen molar-refractivity contribution in [2.75, 3.05) is 19.0 Å². The molecular weight excluding hydrogens is 178 g/mol. The molecule has 0 fully saturated rings. The number of H-pyrrole nitrogens is 1. The van der Waals surface area contributed by atoms with Gasteiger partial charge in [-0.1, -0.05) is 20.8 Å². The van der Waals surface area contributed by atoms with E-state index >= 15 is 0 Å². The van der Waals surface area contributed by atoms with Crippen molar-refractivity contribution in [3.05, 3.63) is 5.82 Å². The highest BCUT2D eigenvalue weighted by Gasteiger charge is 2.25. The normalized spacial score (nSPS) is 14.1. The number of hydrogen-bond acceptors (Lipinski definition) is 4. The maximum atomic E-state index is 6.03. The van der Waals surface area contributed by atoms with Crippen molar-refractivity contribution in [3.63, 3.8) is 0 Å². The molecule has 1 heterocycles. The van der Waals surface area contributed by atoms with Gasteiger partial charge in [0.1, 0.15) is 5.82 Å². The van der Waals surface area contributed by atoms with Gasteiger partial charge >= 0.3 is 0 Å². The summed E-state index contributed by atoms with van der Waals surface area (Å²) in [6.07, 6.45) is 0. The Balaban J connectivity index is 2.87. The van der Waals surface area contributed by atoms with Gasteiger partial charge in [0.25, 0.3) is 0 Å². The molecule has 0 aromatic carbocycles. The number of aromatic nitrogens is 3. The van der Waals surface area contributed by atoms with Crippen molar-refractivity contribution >= 4 is 5.95 Å². The Bertz CT molecular complexity index is 296. The predicted octanol–water partition coefficient (Wildman–Crippen LogP) is 0.917. The third-order valence-corrected chi connectivity index (χ3v) is 2.12. The van der Waals surface area contributed by atoms with Gasteiger partial charge in [0.05, 0.1) is 6.04 Å². The Hall–Kier alpha value is -1.10. The minimum absolute atomic E-state index is 0.0108. The van der Waals surface area contributed by atoms with Gasteiger partial charge < -0.3 is 10.6 Å². The fourth-order valence-corrected chi connectivity index (χ4v) is 1.01. The molecule has 0 amide bonds. The molecule has 0 radical (unpaired) electrons. The molecule has 14 heavy (non-hydrogen) atoms. The fourth-order valence-electron chi connectivity index (χ4n) is 1.01. The van der Waals surface area contributed by atoms with Crippen molar-refractivity contribution in [1.82, 2.24) is 15.2 Å². The smallest absolute Gasteiger partial charge is 0.244 e.